The van der Waals surface area contributed by atoms with Crippen LogP contribution in [0.1, 0.15) is 24.5 Å². The van der Waals surface area contributed by atoms with Crippen molar-refractivity contribution in [2.45, 2.75) is 18.9 Å². The van der Waals surface area contributed by atoms with E-state index in [1.807, 2.05) is 0 Å². The van der Waals surface area contributed by atoms with Gasteiger partial charge in [0.2, 0.25) is 0 Å². The van der Waals surface area contributed by atoms with E-state index in [1.54, 1.807) is 18.2 Å². The molecular weight excluding hydrogens is 245 g/mol. The molecule has 16 heavy (non-hydrogen) atoms. The first kappa shape index (κ1) is 12.2. The molecule has 1 atom stereocenters. The number of hydrogen-bond acceptors (Lipinski definition) is 2. The van der Waals surface area contributed by atoms with Crippen LogP contribution in [0.4, 0.5) is 0 Å². The number of likely N-dealkylation sites (tertiary alicyclic amines) is 1. The van der Waals surface area contributed by atoms with Gasteiger partial charge in [0, 0.05) is 22.2 Å². The van der Waals surface area contributed by atoms with E-state index in [0.29, 0.717) is 16.6 Å². The van der Waals surface area contributed by atoms with Crippen LogP contribution in [-0.2, 0) is 0 Å². The van der Waals surface area contributed by atoms with Crippen LogP contribution in [0.2, 0.25) is 10.0 Å². The number of aliphatic hydroxyl groups excluding tert-OH is 1. The lowest BCUT2D eigenvalue weighted by molar-refractivity contribution is 0.126. The van der Waals surface area contributed by atoms with Gasteiger partial charge in [-0.15, -0.1) is 0 Å². The van der Waals surface area contributed by atoms with Crippen molar-refractivity contribution < 1.29 is 5.11 Å². The maximum Gasteiger partial charge on any atom is 0.0931 e. The van der Waals surface area contributed by atoms with Gasteiger partial charge in [0.1, 0.15) is 0 Å². The Kier molecular flexibility index (Phi) is 4.09. The average Bonchev–Trinajstić information content (AvgIpc) is 2.70. The molecule has 0 bridgehead atoms. The fraction of sp³-hybridized carbons (Fsp3) is 0.500. The van der Waals surface area contributed by atoms with Crippen molar-refractivity contribution in [2.75, 3.05) is 19.6 Å². The third-order valence-corrected chi connectivity index (χ3v) is 3.51. The summed E-state index contributed by atoms with van der Waals surface area (Å²) in [7, 11) is 0. The van der Waals surface area contributed by atoms with Crippen LogP contribution in [0.15, 0.2) is 18.2 Å². The Morgan fingerprint density at radius 2 is 1.94 bits per heavy atom. The Hall–Kier alpha value is -0.280. The number of benzene rings is 1. The minimum atomic E-state index is -0.525. The predicted molar refractivity (Wildman–Crippen MR) is 67.1 cm³/mol. The molecule has 4 heteroatoms. The maximum atomic E-state index is 10.1. The van der Waals surface area contributed by atoms with Crippen LogP contribution in [0.3, 0.4) is 0 Å². The molecule has 1 aromatic rings. The normalized spacial score (nSPS) is 18.9. The Morgan fingerprint density at radius 3 is 2.56 bits per heavy atom. The van der Waals surface area contributed by atoms with Gasteiger partial charge in [-0.1, -0.05) is 29.3 Å². The zero-order valence-electron chi connectivity index (χ0n) is 9.00. The molecular formula is C12H15Cl2NO. The zero-order valence-corrected chi connectivity index (χ0v) is 10.5. The molecule has 1 N–H and O–H groups in total. The molecule has 1 unspecified atom stereocenters. The molecule has 0 amide bonds. The van der Waals surface area contributed by atoms with Crippen molar-refractivity contribution in [1.29, 1.82) is 0 Å². The fourth-order valence-electron chi connectivity index (χ4n) is 2.08. The van der Waals surface area contributed by atoms with E-state index in [9.17, 15) is 5.11 Å². The summed E-state index contributed by atoms with van der Waals surface area (Å²) in [6, 6.07) is 5.23. The lowest BCUT2D eigenvalue weighted by Gasteiger charge is -2.20. The standard InChI is InChI=1S/C12H15Cl2NO/c13-9-3-4-10(11(14)7-9)12(16)8-15-5-1-2-6-15/h3-4,7,12,16H,1-2,5-6,8H2. The molecule has 0 aliphatic carbocycles. The molecule has 1 aromatic carbocycles. The average molecular weight is 260 g/mol. The van der Waals surface area contributed by atoms with E-state index in [0.717, 1.165) is 18.7 Å². The molecule has 1 saturated heterocycles. The second-order valence-corrected chi connectivity index (χ2v) is 5.03. The van der Waals surface area contributed by atoms with E-state index in [-0.39, 0.29) is 0 Å². The van der Waals surface area contributed by atoms with Crippen molar-refractivity contribution in [2.24, 2.45) is 0 Å². The predicted octanol–water partition coefficient (Wildman–Crippen LogP) is 3.12. The highest BCUT2D eigenvalue weighted by molar-refractivity contribution is 6.35. The summed E-state index contributed by atoms with van der Waals surface area (Å²) in [6.07, 6.45) is 1.92. The molecule has 1 heterocycles. The van der Waals surface area contributed by atoms with E-state index in [4.69, 9.17) is 23.2 Å². The summed E-state index contributed by atoms with van der Waals surface area (Å²) in [5.41, 5.74) is 0.762. The van der Waals surface area contributed by atoms with Crippen molar-refractivity contribution in [3.63, 3.8) is 0 Å². The zero-order chi connectivity index (χ0) is 11.5. The third kappa shape index (κ3) is 2.89. The van der Waals surface area contributed by atoms with Crippen molar-refractivity contribution >= 4 is 23.2 Å². The molecule has 88 valence electrons. The summed E-state index contributed by atoms with van der Waals surface area (Å²) >= 11 is 11.9. The highest BCUT2D eigenvalue weighted by Crippen LogP contribution is 2.27. The lowest BCUT2D eigenvalue weighted by Crippen LogP contribution is -2.25. The number of hydrogen-bond donors (Lipinski definition) is 1. The highest BCUT2D eigenvalue weighted by atomic mass is 35.5. The molecule has 0 spiro atoms. The molecule has 1 aliphatic rings. The van der Waals surface area contributed by atoms with Gasteiger partial charge in [0.05, 0.1) is 6.10 Å². The maximum absolute atomic E-state index is 10.1. The van der Waals surface area contributed by atoms with Gasteiger partial charge < -0.3 is 10.0 Å². The van der Waals surface area contributed by atoms with Gasteiger partial charge in [-0.05, 0) is 38.1 Å². The minimum absolute atomic E-state index is 0.525. The summed E-state index contributed by atoms with van der Waals surface area (Å²) < 4.78 is 0. The Bertz CT molecular complexity index is 364. The molecule has 1 aliphatic heterocycles. The van der Waals surface area contributed by atoms with Gasteiger partial charge in [-0.3, -0.25) is 0 Å². The van der Waals surface area contributed by atoms with Crippen LogP contribution >= 0.6 is 23.2 Å². The van der Waals surface area contributed by atoms with E-state index in [2.05, 4.69) is 4.90 Å². The first-order chi connectivity index (χ1) is 7.66. The van der Waals surface area contributed by atoms with Crippen molar-refractivity contribution in [1.82, 2.24) is 4.90 Å². The molecule has 0 radical (unpaired) electrons. The van der Waals surface area contributed by atoms with E-state index in [1.165, 1.54) is 12.8 Å². The first-order valence-corrected chi connectivity index (χ1v) is 6.28. The van der Waals surface area contributed by atoms with Gasteiger partial charge in [-0.2, -0.15) is 0 Å². The molecule has 1 fully saturated rings. The van der Waals surface area contributed by atoms with Crippen LogP contribution in [-0.4, -0.2) is 29.6 Å². The van der Waals surface area contributed by atoms with Gasteiger partial charge in [-0.25, -0.2) is 0 Å². The Labute approximate surface area is 106 Å². The van der Waals surface area contributed by atoms with Crippen molar-refractivity contribution in [3.8, 4) is 0 Å². The van der Waals surface area contributed by atoms with Gasteiger partial charge in [0.25, 0.3) is 0 Å². The first-order valence-electron chi connectivity index (χ1n) is 5.52. The van der Waals surface area contributed by atoms with Crippen molar-refractivity contribution in [3.05, 3.63) is 33.8 Å². The van der Waals surface area contributed by atoms with E-state index >= 15 is 0 Å². The number of rotatable bonds is 3. The van der Waals surface area contributed by atoms with E-state index < -0.39 is 6.10 Å². The number of nitrogens with zero attached hydrogens (tertiary/aromatic N) is 1. The molecule has 2 nitrogen and oxygen atoms in total. The van der Waals surface area contributed by atoms with Crippen LogP contribution in [0, 0.1) is 0 Å². The number of aliphatic hydroxyl groups is 1. The Balaban J connectivity index is 2.04. The van der Waals surface area contributed by atoms with Crippen LogP contribution in [0.25, 0.3) is 0 Å². The minimum Gasteiger partial charge on any atom is -0.387 e. The second-order valence-electron chi connectivity index (χ2n) is 4.19. The SMILES string of the molecule is OC(CN1CCCC1)c1ccc(Cl)cc1Cl. The number of halogens is 2. The summed E-state index contributed by atoms with van der Waals surface area (Å²) in [4.78, 5) is 2.26. The largest absolute Gasteiger partial charge is 0.387 e. The molecule has 2 rings (SSSR count). The van der Waals surface area contributed by atoms with Gasteiger partial charge >= 0.3 is 0 Å². The Morgan fingerprint density at radius 1 is 1.25 bits per heavy atom. The summed E-state index contributed by atoms with van der Waals surface area (Å²) in [5, 5.41) is 11.2. The van der Waals surface area contributed by atoms with Gasteiger partial charge in [0.15, 0.2) is 0 Å². The lowest BCUT2D eigenvalue weighted by atomic mass is 10.1. The topological polar surface area (TPSA) is 23.5 Å². The van der Waals surface area contributed by atoms with Crippen LogP contribution in [0.5, 0.6) is 0 Å². The second kappa shape index (κ2) is 5.37. The summed E-state index contributed by atoms with van der Waals surface area (Å²) in [5.74, 6) is 0. The highest BCUT2D eigenvalue weighted by Gasteiger charge is 2.18. The fourth-order valence-corrected chi connectivity index (χ4v) is 2.61. The third-order valence-electron chi connectivity index (χ3n) is 2.95. The monoisotopic (exact) mass is 259 g/mol. The quantitative estimate of drug-likeness (QED) is 0.902. The smallest absolute Gasteiger partial charge is 0.0931 e. The van der Waals surface area contributed by atoms with Crippen LogP contribution < -0.4 is 0 Å². The number of β-amino-alcohol motifs (C(OH)–C–C–N with tert-alkyl or cyclic N) is 1. The molecule has 0 aromatic heterocycles. The summed E-state index contributed by atoms with van der Waals surface area (Å²) in [6.45, 7) is 2.80. The molecule has 0 saturated carbocycles.